The number of fused-ring (bicyclic) bond motifs is 1. The zero-order chi connectivity index (χ0) is 17.3. The summed E-state index contributed by atoms with van der Waals surface area (Å²) < 4.78 is 22.7. The standard InChI is InChI=1S/C16H14N4O3S/c17-15-6-7-16(13-5-4-11(21)9-14(13)15)20-19-10-2-1-3-12(8-10)24(18,22)23/h1-9,21H,17H2,(H2,18,22,23). The van der Waals surface area contributed by atoms with E-state index in [1.165, 1.54) is 24.3 Å². The average molecular weight is 342 g/mol. The number of rotatable bonds is 3. The summed E-state index contributed by atoms with van der Waals surface area (Å²) >= 11 is 0. The molecule has 0 bridgehead atoms. The van der Waals surface area contributed by atoms with Gasteiger partial charge in [0.05, 0.1) is 16.3 Å². The van der Waals surface area contributed by atoms with Crippen molar-refractivity contribution in [1.29, 1.82) is 0 Å². The van der Waals surface area contributed by atoms with Gasteiger partial charge < -0.3 is 10.8 Å². The van der Waals surface area contributed by atoms with Crippen LogP contribution in [-0.4, -0.2) is 13.5 Å². The Labute approximate surface area is 138 Å². The van der Waals surface area contributed by atoms with Crippen LogP contribution in [0, 0.1) is 0 Å². The zero-order valence-corrected chi connectivity index (χ0v) is 13.2. The molecule has 0 amide bonds. The number of hydrogen-bond acceptors (Lipinski definition) is 6. The molecule has 0 aliphatic heterocycles. The largest absolute Gasteiger partial charge is 0.508 e. The number of azo groups is 1. The van der Waals surface area contributed by atoms with E-state index in [4.69, 9.17) is 10.9 Å². The van der Waals surface area contributed by atoms with Gasteiger partial charge in [-0.1, -0.05) is 6.07 Å². The lowest BCUT2D eigenvalue weighted by Crippen LogP contribution is -2.11. The van der Waals surface area contributed by atoms with Crippen LogP contribution in [0.4, 0.5) is 17.1 Å². The molecule has 0 unspecified atom stereocenters. The highest BCUT2D eigenvalue weighted by Crippen LogP contribution is 2.33. The number of sulfonamides is 1. The van der Waals surface area contributed by atoms with Gasteiger partial charge in [0.25, 0.3) is 0 Å². The van der Waals surface area contributed by atoms with Gasteiger partial charge in [0.1, 0.15) is 5.75 Å². The van der Waals surface area contributed by atoms with Gasteiger partial charge in [0.2, 0.25) is 10.0 Å². The number of nitrogens with two attached hydrogens (primary N) is 2. The lowest BCUT2D eigenvalue weighted by molar-refractivity contribution is 0.476. The Morgan fingerprint density at radius 2 is 1.71 bits per heavy atom. The number of primary sulfonamides is 1. The van der Waals surface area contributed by atoms with Crippen LogP contribution >= 0.6 is 0 Å². The molecule has 122 valence electrons. The maximum Gasteiger partial charge on any atom is 0.238 e. The first-order chi connectivity index (χ1) is 11.3. The van der Waals surface area contributed by atoms with E-state index in [2.05, 4.69) is 10.2 Å². The highest BCUT2D eigenvalue weighted by molar-refractivity contribution is 7.89. The van der Waals surface area contributed by atoms with Crippen molar-refractivity contribution in [3.05, 3.63) is 54.6 Å². The molecule has 5 N–H and O–H groups in total. The minimum Gasteiger partial charge on any atom is -0.508 e. The summed E-state index contributed by atoms with van der Waals surface area (Å²) in [6, 6.07) is 14.0. The third-order valence-electron chi connectivity index (χ3n) is 3.43. The molecule has 8 heteroatoms. The second-order valence-electron chi connectivity index (χ2n) is 5.15. The van der Waals surface area contributed by atoms with Crippen LogP contribution < -0.4 is 10.9 Å². The first kappa shape index (κ1) is 15.9. The lowest BCUT2D eigenvalue weighted by Gasteiger charge is -2.05. The van der Waals surface area contributed by atoms with Crippen LogP contribution in [0.1, 0.15) is 0 Å². The summed E-state index contributed by atoms with van der Waals surface area (Å²) in [6.45, 7) is 0. The van der Waals surface area contributed by atoms with E-state index < -0.39 is 10.0 Å². The Balaban J connectivity index is 2.05. The number of hydrogen-bond donors (Lipinski definition) is 3. The van der Waals surface area contributed by atoms with E-state index in [1.54, 1.807) is 30.3 Å². The molecule has 0 heterocycles. The Bertz CT molecular complexity index is 1060. The van der Waals surface area contributed by atoms with Crippen LogP contribution in [0.5, 0.6) is 5.75 Å². The van der Waals surface area contributed by atoms with E-state index >= 15 is 0 Å². The van der Waals surface area contributed by atoms with Crippen molar-refractivity contribution in [2.24, 2.45) is 15.4 Å². The molecule has 0 atom stereocenters. The van der Waals surface area contributed by atoms with Gasteiger partial charge in [-0.2, -0.15) is 5.11 Å². The van der Waals surface area contributed by atoms with Crippen molar-refractivity contribution in [2.75, 3.05) is 5.73 Å². The molecule has 0 aliphatic carbocycles. The molecule has 3 rings (SSSR count). The fraction of sp³-hybridized carbons (Fsp3) is 0. The minimum absolute atomic E-state index is 0.0361. The molecule has 0 aliphatic rings. The SMILES string of the molecule is Nc1ccc(N=Nc2cccc(S(N)(=O)=O)c2)c2ccc(O)cc12. The minimum atomic E-state index is -3.80. The summed E-state index contributed by atoms with van der Waals surface area (Å²) in [7, 11) is -3.80. The summed E-state index contributed by atoms with van der Waals surface area (Å²) in [4.78, 5) is -0.0361. The Morgan fingerprint density at radius 3 is 2.46 bits per heavy atom. The Hall–Kier alpha value is -2.97. The van der Waals surface area contributed by atoms with Gasteiger partial charge in [0.15, 0.2) is 0 Å². The van der Waals surface area contributed by atoms with Gasteiger partial charge in [-0.15, -0.1) is 5.11 Å². The molecule has 0 saturated carbocycles. The third-order valence-corrected chi connectivity index (χ3v) is 4.34. The third kappa shape index (κ3) is 3.19. The molecule has 0 aromatic heterocycles. The van der Waals surface area contributed by atoms with Gasteiger partial charge >= 0.3 is 0 Å². The van der Waals surface area contributed by atoms with E-state index in [0.29, 0.717) is 22.4 Å². The molecule has 3 aromatic rings. The van der Waals surface area contributed by atoms with Crippen LogP contribution in [0.15, 0.2) is 69.7 Å². The Morgan fingerprint density at radius 1 is 0.917 bits per heavy atom. The average Bonchev–Trinajstić information content (AvgIpc) is 2.54. The molecule has 24 heavy (non-hydrogen) atoms. The molecule has 0 saturated heterocycles. The number of phenolic OH excluding ortho intramolecular Hbond substituents is 1. The molecule has 3 aromatic carbocycles. The van der Waals surface area contributed by atoms with E-state index in [1.807, 2.05) is 0 Å². The molecule has 0 radical (unpaired) electrons. The van der Waals surface area contributed by atoms with Crippen molar-refractivity contribution in [3.63, 3.8) is 0 Å². The molecular formula is C16H14N4O3S. The number of nitrogens with zero attached hydrogens (tertiary/aromatic N) is 2. The number of benzene rings is 3. The first-order valence-corrected chi connectivity index (χ1v) is 8.45. The van der Waals surface area contributed by atoms with Crippen molar-refractivity contribution in [3.8, 4) is 5.75 Å². The van der Waals surface area contributed by atoms with E-state index in [0.717, 1.165) is 5.39 Å². The second-order valence-corrected chi connectivity index (χ2v) is 6.71. The maximum absolute atomic E-state index is 11.4. The van der Waals surface area contributed by atoms with Crippen LogP contribution in [-0.2, 0) is 10.0 Å². The zero-order valence-electron chi connectivity index (χ0n) is 12.4. The predicted molar refractivity (Wildman–Crippen MR) is 92.0 cm³/mol. The molecule has 0 spiro atoms. The molecule has 7 nitrogen and oxygen atoms in total. The summed E-state index contributed by atoms with van der Waals surface area (Å²) in [5.41, 5.74) is 7.31. The number of phenols is 1. The number of anilines is 1. The second kappa shape index (κ2) is 5.91. The van der Waals surface area contributed by atoms with Crippen LogP contribution in [0.2, 0.25) is 0 Å². The summed E-state index contributed by atoms with van der Waals surface area (Å²) in [5.74, 6) is 0.101. The van der Waals surface area contributed by atoms with Gasteiger partial charge in [-0.3, -0.25) is 0 Å². The van der Waals surface area contributed by atoms with Crippen molar-refractivity contribution in [1.82, 2.24) is 0 Å². The number of aromatic hydroxyl groups is 1. The highest BCUT2D eigenvalue weighted by Gasteiger charge is 2.08. The van der Waals surface area contributed by atoms with Crippen LogP contribution in [0.25, 0.3) is 10.8 Å². The maximum atomic E-state index is 11.4. The topological polar surface area (TPSA) is 131 Å². The molecule has 0 fully saturated rings. The number of nitrogen functional groups attached to an aromatic ring is 1. The van der Waals surface area contributed by atoms with E-state index in [-0.39, 0.29) is 10.6 Å². The van der Waals surface area contributed by atoms with Gasteiger partial charge in [0, 0.05) is 16.5 Å². The first-order valence-electron chi connectivity index (χ1n) is 6.90. The van der Waals surface area contributed by atoms with Crippen molar-refractivity contribution >= 4 is 37.9 Å². The van der Waals surface area contributed by atoms with Gasteiger partial charge in [-0.25, -0.2) is 13.6 Å². The van der Waals surface area contributed by atoms with Gasteiger partial charge in [-0.05, 0) is 48.5 Å². The fourth-order valence-corrected chi connectivity index (χ4v) is 2.82. The van der Waals surface area contributed by atoms with Crippen molar-refractivity contribution < 1.29 is 13.5 Å². The fourth-order valence-electron chi connectivity index (χ4n) is 2.26. The quantitative estimate of drug-likeness (QED) is 0.498. The smallest absolute Gasteiger partial charge is 0.238 e. The Kier molecular flexibility index (Phi) is 3.92. The normalized spacial score (nSPS) is 12.0. The lowest BCUT2D eigenvalue weighted by atomic mass is 10.1. The van der Waals surface area contributed by atoms with Crippen molar-refractivity contribution in [2.45, 2.75) is 4.90 Å². The van der Waals surface area contributed by atoms with Crippen LogP contribution in [0.3, 0.4) is 0 Å². The van der Waals surface area contributed by atoms with E-state index in [9.17, 15) is 13.5 Å². The predicted octanol–water partition coefficient (Wildman–Crippen LogP) is 3.19. The summed E-state index contributed by atoms with van der Waals surface area (Å²) in [6.07, 6.45) is 0. The monoisotopic (exact) mass is 342 g/mol. The highest BCUT2D eigenvalue weighted by atomic mass is 32.2. The molecular weight excluding hydrogens is 328 g/mol. The summed E-state index contributed by atoms with van der Waals surface area (Å²) in [5, 5.41) is 24.3.